The largest absolute Gasteiger partial charge is 0.489 e. The van der Waals surface area contributed by atoms with E-state index in [9.17, 15) is 18.7 Å². The maximum atomic E-state index is 13.5. The van der Waals surface area contributed by atoms with Gasteiger partial charge in [0.2, 0.25) is 5.91 Å². The molecule has 8 heteroatoms. The zero-order valence-electron chi connectivity index (χ0n) is 13.6. The van der Waals surface area contributed by atoms with Crippen LogP contribution in [-0.4, -0.2) is 30.3 Å². The lowest BCUT2D eigenvalue weighted by atomic mass is 10.1. The van der Waals surface area contributed by atoms with E-state index in [0.717, 1.165) is 18.2 Å². The number of benzene rings is 2. The van der Waals surface area contributed by atoms with Crippen molar-refractivity contribution in [3.05, 3.63) is 63.6 Å². The Hall–Kier alpha value is -1.89. The van der Waals surface area contributed by atoms with E-state index in [1.165, 1.54) is 0 Å². The van der Waals surface area contributed by atoms with Crippen LogP contribution in [0.1, 0.15) is 12.0 Å². The third-order valence-electron chi connectivity index (χ3n) is 3.51. The Bertz CT molecular complexity index is 774. The summed E-state index contributed by atoms with van der Waals surface area (Å²) in [4.78, 5) is 11.8. The van der Waals surface area contributed by atoms with Crippen molar-refractivity contribution in [1.82, 2.24) is 5.32 Å². The summed E-state index contributed by atoms with van der Waals surface area (Å²) in [6, 6.07) is 7.96. The highest BCUT2D eigenvalue weighted by Gasteiger charge is 2.12. The van der Waals surface area contributed by atoms with E-state index in [2.05, 4.69) is 5.32 Å². The minimum atomic E-state index is -0.972. The van der Waals surface area contributed by atoms with Crippen molar-refractivity contribution in [2.45, 2.75) is 18.9 Å². The zero-order valence-corrected chi connectivity index (χ0v) is 15.2. The molecule has 0 fully saturated rings. The van der Waals surface area contributed by atoms with Crippen LogP contribution < -0.4 is 10.1 Å². The number of nitrogens with one attached hydrogen (secondary N) is 1. The lowest BCUT2D eigenvalue weighted by Gasteiger charge is -2.14. The molecule has 140 valence electrons. The lowest BCUT2D eigenvalue weighted by molar-refractivity contribution is -0.121. The summed E-state index contributed by atoms with van der Waals surface area (Å²) < 4.78 is 31.9. The van der Waals surface area contributed by atoms with Crippen LogP contribution in [0.2, 0.25) is 10.0 Å². The van der Waals surface area contributed by atoms with E-state index in [1.807, 2.05) is 0 Å². The molecule has 0 saturated carbocycles. The van der Waals surface area contributed by atoms with Crippen molar-refractivity contribution in [2.75, 3.05) is 13.2 Å². The van der Waals surface area contributed by atoms with Gasteiger partial charge in [0.25, 0.3) is 0 Å². The van der Waals surface area contributed by atoms with Crippen LogP contribution in [0.4, 0.5) is 8.78 Å². The monoisotopic (exact) mass is 403 g/mol. The van der Waals surface area contributed by atoms with Gasteiger partial charge >= 0.3 is 0 Å². The molecule has 0 aromatic heterocycles. The first-order valence-electron chi connectivity index (χ1n) is 7.82. The summed E-state index contributed by atoms with van der Waals surface area (Å²) >= 11 is 11.8. The highest BCUT2D eigenvalue weighted by molar-refractivity contribution is 6.42. The molecule has 2 rings (SSSR count). The normalized spacial score (nSPS) is 11.9. The Balaban J connectivity index is 1.73. The highest BCUT2D eigenvalue weighted by atomic mass is 35.5. The van der Waals surface area contributed by atoms with E-state index >= 15 is 0 Å². The number of rotatable bonds is 8. The minimum Gasteiger partial charge on any atom is -0.489 e. The Morgan fingerprint density at radius 2 is 2.00 bits per heavy atom. The van der Waals surface area contributed by atoms with E-state index in [0.29, 0.717) is 10.8 Å². The highest BCUT2D eigenvalue weighted by Crippen LogP contribution is 2.31. The molecule has 0 heterocycles. The van der Waals surface area contributed by atoms with Gasteiger partial charge in [0.05, 0.1) is 5.02 Å². The second kappa shape index (κ2) is 9.71. The van der Waals surface area contributed by atoms with Crippen LogP contribution in [0, 0.1) is 11.6 Å². The van der Waals surface area contributed by atoms with Gasteiger partial charge in [-0.25, -0.2) is 8.78 Å². The molecule has 0 aliphatic rings. The fraction of sp³-hybridized carbons (Fsp3) is 0.278. The molecule has 0 spiro atoms. The predicted molar refractivity (Wildman–Crippen MR) is 95.7 cm³/mol. The molecule has 0 aliphatic carbocycles. The smallest absolute Gasteiger partial charge is 0.220 e. The van der Waals surface area contributed by atoms with Gasteiger partial charge in [-0.2, -0.15) is 0 Å². The Labute approximate surface area is 159 Å². The summed E-state index contributed by atoms with van der Waals surface area (Å²) in [6.45, 7) is -0.151. The maximum Gasteiger partial charge on any atom is 0.220 e. The van der Waals surface area contributed by atoms with Crippen molar-refractivity contribution in [1.29, 1.82) is 0 Å². The van der Waals surface area contributed by atoms with Crippen LogP contribution in [-0.2, 0) is 11.2 Å². The molecular weight excluding hydrogens is 387 g/mol. The number of hydrogen-bond donors (Lipinski definition) is 2. The molecule has 1 unspecified atom stereocenters. The third kappa shape index (κ3) is 6.12. The topological polar surface area (TPSA) is 58.6 Å². The van der Waals surface area contributed by atoms with Crippen LogP contribution in [0.25, 0.3) is 0 Å². The standard InChI is InChI=1S/C18H17Cl2F2NO3/c19-14-2-1-3-16(18(14)20)26-10-13(24)9-23-17(25)7-4-11-8-12(21)5-6-15(11)22/h1-3,5-6,8,13,24H,4,7,9-10H2,(H,23,25). The number of hydrogen-bond acceptors (Lipinski definition) is 3. The van der Waals surface area contributed by atoms with Crippen molar-refractivity contribution in [3.8, 4) is 5.75 Å². The van der Waals surface area contributed by atoms with E-state index in [1.54, 1.807) is 18.2 Å². The Morgan fingerprint density at radius 1 is 1.23 bits per heavy atom. The van der Waals surface area contributed by atoms with E-state index in [4.69, 9.17) is 27.9 Å². The predicted octanol–water partition coefficient (Wildman–Crippen LogP) is 3.76. The second-order valence-electron chi connectivity index (χ2n) is 5.56. The SMILES string of the molecule is O=C(CCc1cc(F)ccc1F)NCC(O)COc1cccc(Cl)c1Cl. The van der Waals surface area contributed by atoms with Gasteiger partial charge in [0.15, 0.2) is 0 Å². The summed E-state index contributed by atoms with van der Waals surface area (Å²) in [6.07, 6.45) is -0.950. The molecule has 26 heavy (non-hydrogen) atoms. The number of halogens is 4. The quantitative estimate of drug-likeness (QED) is 0.705. The van der Waals surface area contributed by atoms with E-state index in [-0.39, 0.29) is 36.6 Å². The molecular formula is C18H17Cl2F2NO3. The average Bonchev–Trinajstić information content (AvgIpc) is 2.62. The van der Waals surface area contributed by atoms with Crippen LogP contribution in [0.3, 0.4) is 0 Å². The molecule has 0 aliphatic heterocycles. The molecule has 0 saturated heterocycles. The number of carbonyl (C=O) groups excluding carboxylic acids is 1. The van der Waals surface area contributed by atoms with Gasteiger partial charge in [-0.1, -0.05) is 29.3 Å². The van der Waals surface area contributed by atoms with Gasteiger partial charge in [-0.05, 0) is 42.3 Å². The molecule has 2 aromatic rings. The number of ether oxygens (including phenoxy) is 1. The van der Waals surface area contributed by atoms with Gasteiger partial charge in [0.1, 0.15) is 35.1 Å². The lowest BCUT2D eigenvalue weighted by Crippen LogP contribution is -2.35. The summed E-state index contributed by atoms with van der Waals surface area (Å²) in [5.41, 5.74) is 0.125. The first kappa shape index (κ1) is 20.4. The van der Waals surface area contributed by atoms with Gasteiger partial charge in [0, 0.05) is 13.0 Å². The Kier molecular flexibility index (Phi) is 7.63. The van der Waals surface area contributed by atoms with Crippen molar-refractivity contribution in [2.24, 2.45) is 0 Å². The molecule has 2 aromatic carbocycles. The molecule has 0 radical (unpaired) electrons. The number of aliphatic hydroxyl groups excluding tert-OH is 1. The number of amides is 1. The molecule has 0 bridgehead atoms. The molecule has 1 atom stereocenters. The van der Waals surface area contributed by atoms with Crippen molar-refractivity contribution >= 4 is 29.1 Å². The molecule has 4 nitrogen and oxygen atoms in total. The second-order valence-corrected chi connectivity index (χ2v) is 6.34. The molecule has 1 amide bonds. The van der Waals surface area contributed by atoms with E-state index < -0.39 is 23.6 Å². The average molecular weight is 404 g/mol. The number of carbonyl (C=O) groups is 1. The first-order chi connectivity index (χ1) is 12.4. The fourth-order valence-electron chi connectivity index (χ4n) is 2.14. The number of aliphatic hydroxyl groups is 1. The third-order valence-corrected chi connectivity index (χ3v) is 4.31. The summed E-state index contributed by atoms with van der Waals surface area (Å²) in [5, 5.41) is 12.9. The van der Waals surface area contributed by atoms with Gasteiger partial charge in [-0.15, -0.1) is 0 Å². The van der Waals surface area contributed by atoms with Crippen LogP contribution in [0.5, 0.6) is 5.75 Å². The van der Waals surface area contributed by atoms with Gasteiger partial charge < -0.3 is 15.2 Å². The maximum absolute atomic E-state index is 13.5. The Morgan fingerprint density at radius 3 is 2.77 bits per heavy atom. The zero-order chi connectivity index (χ0) is 19.1. The van der Waals surface area contributed by atoms with Gasteiger partial charge in [-0.3, -0.25) is 4.79 Å². The summed E-state index contributed by atoms with van der Waals surface area (Å²) in [7, 11) is 0. The van der Waals surface area contributed by atoms with Crippen molar-refractivity contribution < 1.29 is 23.4 Å². The fourth-order valence-corrected chi connectivity index (χ4v) is 2.49. The first-order valence-corrected chi connectivity index (χ1v) is 8.58. The van der Waals surface area contributed by atoms with Crippen LogP contribution >= 0.6 is 23.2 Å². The minimum absolute atomic E-state index is 0.0337. The van der Waals surface area contributed by atoms with Crippen molar-refractivity contribution in [3.63, 3.8) is 0 Å². The number of aryl methyl sites for hydroxylation is 1. The summed E-state index contributed by atoms with van der Waals surface area (Å²) in [5.74, 6) is -1.19. The van der Waals surface area contributed by atoms with Crippen LogP contribution in [0.15, 0.2) is 36.4 Å². The molecule has 2 N–H and O–H groups in total.